The molecule has 8 heteroatoms. The number of aryl methyl sites for hydroxylation is 2. The fourth-order valence-corrected chi connectivity index (χ4v) is 4.30. The fraction of sp³-hybridized carbons (Fsp3) is 0.355. The van der Waals surface area contributed by atoms with Crippen LogP contribution < -0.4 is 0 Å². The third kappa shape index (κ3) is 8.06. The number of allylic oxidation sites excluding steroid dienone is 2. The lowest BCUT2D eigenvalue weighted by Crippen LogP contribution is -2.05. The van der Waals surface area contributed by atoms with E-state index in [-0.39, 0.29) is 21.7 Å². The van der Waals surface area contributed by atoms with E-state index in [9.17, 15) is 17.6 Å². The van der Waals surface area contributed by atoms with E-state index in [2.05, 4.69) is 23.5 Å². The van der Waals surface area contributed by atoms with Crippen molar-refractivity contribution in [2.45, 2.75) is 72.6 Å². The van der Waals surface area contributed by atoms with Crippen molar-refractivity contribution >= 4 is 28.2 Å². The van der Waals surface area contributed by atoms with Gasteiger partial charge >= 0.3 is 0 Å². The lowest BCUT2D eigenvalue weighted by molar-refractivity contribution is 0.490. The van der Waals surface area contributed by atoms with Crippen LogP contribution in [0.1, 0.15) is 81.7 Å². The molecule has 0 aliphatic rings. The Labute approximate surface area is 232 Å². The summed E-state index contributed by atoms with van der Waals surface area (Å²) in [6, 6.07) is 7.77. The molecule has 3 rings (SSSR count). The molecule has 3 nitrogen and oxygen atoms in total. The van der Waals surface area contributed by atoms with E-state index in [0.29, 0.717) is 5.52 Å². The topological polar surface area (TPSA) is 51.9 Å². The van der Waals surface area contributed by atoms with Crippen LogP contribution in [-0.4, -0.2) is 10.7 Å². The van der Waals surface area contributed by atoms with Gasteiger partial charge in [0.25, 0.3) is 0 Å². The lowest BCUT2D eigenvalue weighted by atomic mass is 9.91. The number of hydrogen-bond acceptors (Lipinski definition) is 2. The Morgan fingerprint density at radius 2 is 1.87 bits per heavy atom. The Hall–Kier alpha value is -3.37. The number of halogens is 5. The van der Waals surface area contributed by atoms with Gasteiger partial charge in [0.15, 0.2) is 17.5 Å². The predicted molar refractivity (Wildman–Crippen MR) is 152 cm³/mol. The minimum absolute atomic E-state index is 0.0565. The maximum Gasteiger partial charge on any atom is 0.162 e. The summed E-state index contributed by atoms with van der Waals surface area (Å²) < 4.78 is 55.2. The molecule has 0 aliphatic heterocycles. The lowest BCUT2D eigenvalue weighted by Gasteiger charge is -2.15. The summed E-state index contributed by atoms with van der Waals surface area (Å²) in [7, 11) is 0. The number of fused-ring (bicyclic) bond motifs is 1. The molecule has 0 saturated carbocycles. The second-order valence-corrected chi connectivity index (χ2v) is 9.84. The molecular formula is C31H34ClF4N3. The molecule has 1 heterocycles. The Bertz CT molecular complexity index is 1430. The zero-order valence-corrected chi connectivity index (χ0v) is 23.7. The van der Waals surface area contributed by atoms with E-state index in [1.165, 1.54) is 13.0 Å². The number of aromatic nitrogens is 1. The molecule has 0 saturated heterocycles. The summed E-state index contributed by atoms with van der Waals surface area (Å²) in [6.07, 6.45) is 5.53. The van der Waals surface area contributed by atoms with Crippen molar-refractivity contribution in [3.8, 4) is 6.07 Å². The molecule has 0 fully saturated rings. The molecule has 0 spiro atoms. The first kappa shape index (κ1) is 31.8. The average Bonchev–Trinajstić information content (AvgIpc) is 3.26. The molecule has 2 aromatic carbocycles. The van der Waals surface area contributed by atoms with Gasteiger partial charge in [-0.05, 0) is 61.9 Å². The Balaban J connectivity index is 0.000000349. The average molecular weight is 560 g/mol. The maximum atomic E-state index is 14.5. The zero-order valence-electron chi connectivity index (χ0n) is 23.0. The van der Waals surface area contributed by atoms with Gasteiger partial charge in [0.05, 0.1) is 16.8 Å². The third-order valence-corrected chi connectivity index (χ3v) is 6.69. The van der Waals surface area contributed by atoms with Crippen LogP contribution in [-0.2, 0) is 6.42 Å². The number of nitriles is 1. The normalized spacial score (nSPS) is 12.6. The van der Waals surface area contributed by atoms with Crippen molar-refractivity contribution in [2.75, 3.05) is 0 Å². The Morgan fingerprint density at radius 3 is 2.49 bits per heavy atom. The smallest absolute Gasteiger partial charge is 0.162 e. The number of aliphatic imine (C=N–C) groups is 1. The molecule has 0 aliphatic carbocycles. The highest BCUT2D eigenvalue weighted by Gasteiger charge is 2.23. The summed E-state index contributed by atoms with van der Waals surface area (Å²) in [5.74, 6) is -3.23. The van der Waals surface area contributed by atoms with Gasteiger partial charge in [0, 0.05) is 28.2 Å². The van der Waals surface area contributed by atoms with Crippen molar-refractivity contribution in [3.05, 3.63) is 93.3 Å². The standard InChI is InChI=1S/C21H21ClF3N.C10H13FN2/c1-4-5-6-14-15-9-16(22)17(23)10-18(15)26-21(14)12(3)13-8-7-11(2)19(24)20(13)25;1-4-5-9(3)13-7-10(11)8(2)6-12/h7-10,12,26H,4-6H2,1-3H3;7H,2,4-5H2,1,3H3/b;10-7+,13-9?. The van der Waals surface area contributed by atoms with E-state index >= 15 is 0 Å². The number of nitrogens with zero attached hydrogens (tertiary/aromatic N) is 2. The monoisotopic (exact) mass is 559 g/mol. The van der Waals surface area contributed by atoms with E-state index in [0.717, 1.165) is 60.7 Å². The minimum Gasteiger partial charge on any atom is -0.358 e. The van der Waals surface area contributed by atoms with Crippen LogP contribution in [0.5, 0.6) is 0 Å². The van der Waals surface area contributed by atoms with Crippen LogP contribution in [0.3, 0.4) is 0 Å². The number of rotatable bonds is 9. The second kappa shape index (κ2) is 14.7. The van der Waals surface area contributed by atoms with Crippen LogP contribution in [0.2, 0.25) is 5.02 Å². The number of aromatic amines is 1. The molecule has 1 atom stereocenters. The third-order valence-electron chi connectivity index (χ3n) is 6.40. The molecule has 0 bridgehead atoms. The van der Waals surface area contributed by atoms with Gasteiger partial charge in [-0.25, -0.2) is 17.6 Å². The predicted octanol–water partition coefficient (Wildman–Crippen LogP) is 10.2. The van der Waals surface area contributed by atoms with E-state index in [1.807, 2.05) is 20.8 Å². The molecule has 1 N–H and O–H groups in total. The molecule has 0 radical (unpaired) electrons. The highest BCUT2D eigenvalue weighted by atomic mass is 35.5. The highest BCUT2D eigenvalue weighted by Crippen LogP contribution is 2.36. The second-order valence-electron chi connectivity index (χ2n) is 9.44. The Kier molecular flexibility index (Phi) is 12.0. The molecule has 1 aromatic heterocycles. The molecule has 39 heavy (non-hydrogen) atoms. The van der Waals surface area contributed by atoms with Gasteiger partial charge in [-0.15, -0.1) is 0 Å². The number of unbranched alkanes of at least 4 members (excludes halogenated alkanes) is 1. The van der Waals surface area contributed by atoms with Gasteiger partial charge in [0.1, 0.15) is 11.9 Å². The van der Waals surface area contributed by atoms with Crippen LogP contribution in [0, 0.1) is 35.7 Å². The molecule has 0 amide bonds. The zero-order chi connectivity index (χ0) is 29.3. The van der Waals surface area contributed by atoms with E-state index < -0.39 is 29.2 Å². The van der Waals surface area contributed by atoms with Crippen LogP contribution >= 0.6 is 11.6 Å². The van der Waals surface area contributed by atoms with Gasteiger partial charge in [-0.3, -0.25) is 4.99 Å². The number of hydrogen-bond donors (Lipinski definition) is 1. The minimum atomic E-state index is -0.832. The van der Waals surface area contributed by atoms with Gasteiger partial charge in [-0.2, -0.15) is 5.26 Å². The summed E-state index contributed by atoms with van der Waals surface area (Å²) in [5, 5.41) is 9.18. The van der Waals surface area contributed by atoms with Crippen molar-refractivity contribution in [3.63, 3.8) is 0 Å². The summed E-state index contributed by atoms with van der Waals surface area (Å²) in [5.41, 5.74) is 3.59. The van der Waals surface area contributed by atoms with Crippen LogP contribution in [0.4, 0.5) is 17.6 Å². The van der Waals surface area contributed by atoms with Crippen molar-refractivity contribution < 1.29 is 17.6 Å². The summed E-state index contributed by atoms with van der Waals surface area (Å²) in [4.78, 5) is 7.06. The highest BCUT2D eigenvalue weighted by molar-refractivity contribution is 6.31. The maximum absolute atomic E-state index is 14.5. The molecule has 3 aromatic rings. The van der Waals surface area contributed by atoms with E-state index in [1.54, 1.807) is 24.3 Å². The van der Waals surface area contributed by atoms with Crippen LogP contribution in [0.25, 0.3) is 10.9 Å². The number of H-pyrrole nitrogens is 1. The first-order valence-corrected chi connectivity index (χ1v) is 13.3. The molecule has 1 unspecified atom stereocenters. The summed E-state index contributed by atoms with van der Waals surface area (Å²) in [6.45, 7) is 12.5. The first-order valence-electron chi connectivity index (χ1n) is 12.9. The summed E-state index contributed by atoms with van der Waals surface area (Å²) >= 11 is 5.96. The van der Waals surface area contributed by atoms with Crippen molar-refractivity contribution in [1.82, 2.24) is 4.98 Å². The largest absolute Gasteiger partial charge is 0.358 e. The van der Waals surface area contributed by atoms with Gasteiger partial charge < -0.3 is 4.98 Å². The quantitative estimate of drug-likeness (QED) is 0.120. The Morgan fingerprint density at radius 1 is 1.18 bits per heavy atom. The van der Waals surface area contributed by atoms with Gasteiger partial charge in [0.2, 0.25) is 0 Å². The number of nitrogens with one attached hydrogen (secondary N) is 1. The SMILES string of the molecule is C=C(C#N)/C(F)=C\N=C(C)CCC.CCCCc1c(C(C)c2ccc(C)c(F)c2F)[nH]c2cc(F)c(Cl)cc12. The van der Waals surface area contributed by atoms with Crippen molar-refractivity contribution in [1.29, 1.82) is 5.26 Å². The molecule has 208 valence electrons. The number of benzene rings is 2. The van der Waals surface area contributed by atoms with Gasteiger partial charge in [-0.1, -0.05) is 63.9 Å². The fourth-order valence-electron chi connectivity index (χ4n) is 4.13. The van der Waals surface area contributed by atoms with Crippen molar-refractivity contribution in [2.24, 2.45) is 4.99 Å². The van der Waals surface area contributed by atoms with E-state index in [4.69, 9.17) is 16.9 Å². The van der Waals surface area contributed by atoms with Crippen LogP contribution in [0.15, 0.2) is 53.4 Å². The molecular weight excluding hydrogens is 526 g/mol. The first-order chi connectivity index (χ1) is 18.5.